The van der Waals surface area contributed by atoms with Crippen molar-refractivity contribution in [2.45, 2.75) is 32.1 Å². The summed E-state index contributed by atoms with van der Waals surface area (Å²) in [5.41, 5.74) is 11.0. The summed E-state index contributed by atoms with van der Waals surface area (Å²) >= 11 is 0. The van der Waals surface area contributed by atoms with Crippen molar-refractivity contribution in [1.29, 1.82) is 0 Å². The van der Waals surface area contributed by atoms with E-state index in [1.165, 1.54) is 41.3 Å². The van der Waals surface area contributed by atoms with Gasteiger partial charge in [0.25, 0.3) is 0 Å². The monoisotopic (exact) mass is 262 g/mol. The molecule has 0 saturated heterocycles. The third-order valence-corrected chi connectivity index (χ3v) is 4.45. The maximum absolute atomic E-state index is 6.46. The van der Waals surface area contributed by atoms with Crippen LogP contribution in [0.5, 0.6) is 0 Å². The first kappa shape index (κ1) is 11.7. The van der Waals surface area contributed by atoms with Crippen LogP contribution in [0.3, 0.4) is 0 Å². The van der Waals surface area contributed by atoms with E-state index in [0.717, 1.165) is 29.4 Å². The molecule has 3 aromatic rings. The maximum atomic E-state index is 6.46. The second kappa shape index (κ2) is 4.48. The van der Waals surface area contributed by atoms with Crippen LogP contribution in [-0.4, -0.2) is 4.98 Å². The van der Waals surface area contributed by atoms with Crippen molar-refractivity contribution in [2.75, 3.05) is 5.73 Å². The Hall–Kier alpha value is -2.09. The molecule has 2 N–H and O–H groups in total. The van der Waals surface area contributed by atoms with Crippen molar-refractivity contribution in [1.82, 2.24) is 4.98 Å². The number of nitrogens with two attached hydrogens (primary N) is 1. The molecule has 0 saturated carbocycles. The maximum Gasteiger partial charge on any atom is 0.0804 e. The number of aromatic nitrogens is 1. The summed E-state index contributed by atoms with van der Waals surface area (Å²) in [7, 11) is 0. The Labute approximate surface area is 118 Å². The van der Waals surface area contributed by atoms with Crippen molar-refractivity contribution in [3.05, 3.63) is 47.7 Å². The highest BCUT2D eigenvalue weighted by Crippen LogP contribution is 2.33. The van der Waals surface area contributed by atoms with Crippen molar-refractivity contribution in [3.8, 4) is 0 Å². The summed E-state index contributed by atoms with van der Waals surface area (Å²) in [5, 5.41) is 3.56. The van der Waals surface area contributed by atoms with Gasteiger partial charge < -0.3 is 5.73 Å². The number of anilines is 1. The lowest BCUT2D eigenvalue weighted by Crippen LogP contribution is -2.03. The number of nitrogen functional groups attached to an aromatic ring is 1. The molecular weight excluding hydrogens is 244 g/mol. The third-order valence-electron chi connectivity index (χ3n) is 4.45. The standard InChI is InChI=1S/C18H18N2/c19-17-14-8-2-1-3-9-16(14)20-18-13-7-5-4-6-12(13)10-11-15(17)18/h4-7,10-11H,1-3,8-9H2,(H2,19,20). The predicted octanol–water partition coefficient (Wildman–Crippen LogP) is 4.24. The lowest BCUT2D eigenvalue weighted by atomic mass is 9.99. The lowest BCUT2D eigenvalue weighted by molar-refractivity contribution is 0.709. The molecule has 0 fully saturated rings. The average Bonchev–Trinajstić information content (AvgIpc) is 2.73. The molecule has 1 aliphatic rings. The Morgan fingerprint density at radius 3 is 2.65 bits per heavy atom. The predicted molar refractivity (Wildman–Crippen MR) is 84.9 cm³/mol. The van der Waals surface area contributed by atoms with Gasteiger partial charge in [-0.2, -0.15) is 0 Å². The van der Waals surface area contributed by atoms with Gasteiger partial charge in [-0.1, -0.05) is 42.8 Å². The smallest absolute Gasteiger partial charge is 0.0804 e. The summed E-state index contributed by atoms with van der Waals surface area (Å²) in [5.74, 6) is 0. The van der Waals surface area contributed by atoms with Crippen LogP contribution in [0.1, 0.15) is 30.5 Å². The third kappa shape index (κ3) is 1.68. The van der Waals surface area contributed by atoms with E-state index in [9.17, 15) is 0 Å². The first-order valence-corrected chi connectivity index (χ1v) is 7.43. The second-order valence-electron chi connectivity index (χ2n) is 5.69. The molecule has 1 heterocycles. The number of rotatable bonds is 0. The Bertz CT molecular complexity index is 805. The highest BCUT2D eigenvalue weighted by atomic mass is 14.7. The van der Waals surface area contributed by atoms with Gasteiger partial charge in [0.2, 0.25) is 0 Å². The van der Waals surface area contributed by atoms with Gasteiger partial charge in [0.1, 0.15) is 0 Å². The van der Waals surface area contributed by atoms with Crippen molar-refractivity contribution in [3.63, 3.8) is 0 Å². The van der Waals surface area contributed by atoms with E-state index in [0.29, 0.717) is 0 Å². The normalized spacial score (nSPS) is 15.2. The first-order chi connectivity index (χ1) is 9.84. The number of aryl methyl sites for hydroxylation is 1. The van der Waals surface area contributed by atoms with Gasteiger partial charge in [-0.3, -0.25) is 4.98 Å². The fourth-order valence-corrected chi connectivity index (χ4v) is 3.37. The molecule has 1 aromatic heterocycles. The van der Waals surface area contributed by atoms with Crippen LogP contribution in [0.15, 0.2) is 36.4 Å². The molecule has 4 rings (SSSR count). The molecule has 0 amide bonds. The topological polar surface area (TPSA) is 38.9 Å². The fraction of sp³-hybridized carbons (Fsp3) is 0.278. The second-order valence-corrected chi connectivity index (χ2v) is 5.69. The van der Waals surface area contributed by atoms with Gasteiger partial charge in [0.15, 0.2) is 0 Å². The summed E-state index contributed by atoms with van der Waals surface area (Å²) in [6.45, 7) is 0. The molecule has 20 heavy (non-hydrogen) atoms. The summed E-state index contributed by atoms with van der Waals surface area (Å²) in [6.07, 6.45) is 5.90. The SMILES string of the molecule is Nc1c2c(nc3c1ccc1ccccc13)CCCCC2. The van der Waals surface area contributed by atoms with E-state index < -0.39 is 0 Å². The minimum Gasteiger partial charge on any atom is -0.398 e. The molecule has 0 atom stereocenters. The van der Waals surface area contributed by atoms with Crippen LogP contribution in [0.25, 0.3) is 21.7 Å². The van der Waals surface area contributed by atoms with Crippen molar-refractivity contribution in [2.24, 2.45) is 0 Å². The lowest BCUT2D eigenvalue weighted by Gasteiger charge is -2.13. The minimum absolute atomic E-state index is 0.956. The van der Waals surface area contributed by atoms with Gasteiger partial charge >= 0.3 is 0 Å². The van der Waals surface area contributed by atoms with E-state index in [2.05, 4.69) is 36.4 Å². The summed E-state index contributed by atoms with van der Waals surface area (Å²) in [4.78, 5) is 4.98. The molecular formula is C18H18N2. The van der Waals surface area contributed by atoms with E-state index in [-0.39, 0.29) is 0 Å². The number of pyridine rings is 1. The molecule has 100 valence electrons. The Morgan fingerprint density at radius 1 is 0.850 bits per heavy atom. The van der Waals surface area contributed by atoms with Crippen LogP contribution in [0, 0.1) is 0 Å². The molecule has 2 heteroatoms. The van der Waals surface area contributed by atoms with E-state index in [1.807, 2.05) is 0 Å². The van der Waals surface area contributed by atoms with Crippen molar-refractivity contribution >= 4 is 27.4 Å². The van der Waals surface area contributed by atoms with E-state index in [1.54, 1.807) is 0 Å². The van der Waals surface area contributed by atoms with Crippen LogP contribution >= 0.6 is 0 Å². The van der Waals surface area contributed by atoms with Gasteiger partial charge in [-0.25, -0.2) is 0 Å². The molecule has 2 aromatic carbocycles. The van der Waals surface area contributed by atoms with E-state index in [4.69, 9.17) is 10.7 Å². The molecule has 2 nitrogen and oxygen atoms in total. The zero-order valence-electron chi connectivity index (χ0n) is 11.5. The Kier molecular flexibility index (Phi) is 2.62. The zero-order chi connectivity index (χ0) is 13.5. The average molecular weight is 262 g/mol. The number of hydrogen-bond donors (Lipinski definition) is 1. The summed E-state index contributed by atoms with van der Waals surface area (Å²) < 4.78 is 0. The quantitative estimate of drug-likeness (QED) is 0.486. The zero-order valence-corrected chi connectivity index (χ0v) is 11.5. The van der Waals surface area contributed by atoms with Crippen LogP contribution in [0.2, 0.25) is 0 Å². The molecule has 0 radical (unpaired) electrons. The molecule has 0 spiro atoms. The molecule has 0 bridgehead atoms. The number of benzene rings is 2. The highest BCUT2D eigenvalue weighted by molar-refractivity contribution is 6.09. The van der Waals surface area contributed by atoms with E-state index >= 15 is 0 Å². The van der Waals surface area contributed by atoms with Crippen molar-refractivity contribution < 1.29 is 0 Å². The molecule has 1 aliphatic carbocycles. The van der Waals surface area contributed by atoms with Crippen LogP contribution in [0.4, 0.5) is 5.69 Å². The summed E-state index contributed by atoms with van der Waals surface area (Å²) in [6, 6.07) is 12.7. The van der Waals surface area contributed by atoms with Gasteiger partial charge in [0.05, 0.1) is 5.52 Å². The number of nitrogens with zero attached hydrogens (tertiary/aromatic N) is 1. The van der Waals surface area contributed by atoms with Gasteiger partial charge in [0, 0.05) is 22.2 Å². The van der Waals surface area contributed by atoms with Gasteiger partial charge in [-0.05, 0) is 36.6 Å². The van der Waals surface area contributed by atoms with Gasteiger partial charge in [-0.15, -0.1) is 0 Å². The van der Waals surface area contributed by atoms with Crippen LogP contribution in [-0.2, 0) is 12.8 Å². The largest absolute Gasteiger partial charge is 0.398 e. The number of hydrogen-bond acceptors (Lipinski definition) is 2. The first-order valence-electron chi connectivity index (χ1n) is 7.43. The van der Waals surface area contributed by atoms with Crippen LogP contribution < -0.4 is 5.73 Å². The Morgan fingerprint density at radius 2 is 1.70 bits per heavy atom. The minimum atomic E-state index is 0.956. The fourth-order valence-electron chi connectivity index (χ4n) is 3.37. The highest BCUT2D eigenvalue weighted by Gasteiger charge is 2.16. The number of fused-ring (bicyclic) bond motifs is 4. The molecule has 0 unspecified atom stereocenters. The molecule has 0 aliphatic heterocycles. The Balaban J connectivity index is 2.12.